The van der Waals surface area contributed by atoms with E-state index >= 15 is 0 Å². The second kappa shape index (κ2) is 6.87. The maximum atomic E-state index is 12.4. The van der Waals surface area contributed by atoms with Crippen LogP contribution in [0.5, 0.6) is 0 Å². The quantitative estimate of drug-likeness (QED) is 0.728. The molecule has 2 aromatic heterocycles. The molecule has 2 heterocycles. The predicted molar refractivity (Wildman–Crippen MR) is 94.0 cm³/mol. The molecule has 3 rings (SSSR count). The van der Waals surface area contributed by atoms with Gasteiger partial charge in [-0.25, -0.2) is 4.98 Å². The first kappa shape index (κ1) is 15.6. The van der Waals surface area contributed by atoms with Gasteiger partial charge >= 0.3 is 0 Å². The van der Waals surface area contributed by atoms with Gasteiger partial charge in [-0.1, -0.05) is 12.1 Å². The number of aryl methyl sites for hydroxylation is 3. The van der Waals surface area contributed by atoms with E-state index in [0.29, 0.717) is 12.1 Å². The summed E-state index contributed by atoms with van der Waals surface area (Å²) in [4.78, 5) is 22.5. The number of aromatic nitrogens is 2. The van der Waals surface area contributed by atoms with Gasteiger partial charge in [0.2, 0.25) is 0 Å². The van der Waals surface area contributed by atoms with Crippen LogP contribution in [0.3, 0.4) is 0 Å². The van der Waals surface area contributed by atoms with Gasteiger partial charge < -0.3 is 5.32 Å². The van der Waals surface area contributed by atoms with Gasteiger partial charge in [0.05, 0.1) is 16.2 Å². The Morgan fingerprint density at radius 1 is 1.22 bits per heavy atom. The standard InChI is InChI=1S/C18H19N3OS/c1-12-13(2)23-17(21-12)9-5-11-20-18(22)15-6-3-8-16-14(15)7-4-10-19-16/h3-4,6-8,10H,5,9,11H2,1-2H3,(H,20,22). The normalized spacial score (nSPS) is 10.9. The molecule has 0 fully saturated rings. The third kappa shape index (κ3) is 3.56. The van der Waals surface area contributed by atoms with Crippen LogP contribution < -0.4 is 5.32 Å². The molecule has 0 aliphatic heterocycles. The van der Waals surface area contributed by atoms with Crippen molar-refractivity contribution >= 4 is 28.1 Å². The number of hydrogen-bond acceptors (Lipinski definition) is 4. The number of amides is 1. The van der Waals surface area contributed by atoms with E-state index in [0.717, 1.165) is 34.4 Å². The second-order valence-corrected chi connectivity index (χ2v) is 6.77. The third-order valence-corrected chi connectivity index (χ3v) is 4.95. The molecule has 23 heavy (non-hydrogen) atoms. The first-order valence-electron chi connectivity index (χ1n) is 7.70. The first-order chi connectivity index (χ1) is 11.1. The van der Waals surface area contributed by atoms with Crippen molar-refractivity contribution in [3.8, 4) is 0 Å². The van der Waals surface area contributed by atoms with E-state index in [2.05, 4.69) is 22.2 Å². The summed E-state index contributed by atoms with van der Waals surface area (Å²) in [6.07, 6.45) is 3.53. The molecule has 0 unspecified atom stereocenters. The van der Waals surface area contributed by atoms with E-state index in [9.17, 15) is 4.79 Å². The van der Waals surface area contributed by atoms with Gasteiger partial charge in [-0.2, -0.15) is 0 Å². The Kier molecular flexibility index (Phi) is 4.67. The molecule has 0 radical (unpaired) electrons. The molecular weight excluding hydrogens is 306 g/mol. The van der Waals surface area contributed by atoms with Crippen LogP contribution in [0.25, 0.3) is 10.9 Å². The van der Waals surface area contributed by atoms with E-state index in [-0.39, 0.29) is 5.91 Å². The van der Waals surface area contributed by atoms with Crippen LogP contribution >= 0.6 is 11.3 Å². The topological polar surface area (TPSA) is 54.9 Å². The smallest absolute Gasteiger partial charge is 0.251 e. The Hall–Kier alpha value is -2.27. The molecule has 0 saturated carbocycles. The van der Waals surface area contributed by atoms with Crippen LogP contribution in [0.4, 0.5) is 0 Å². The zero-order valence-electron chi connectivity index (χ0n) is 13.3. The minimum Gasteiger partial charge on any atom is -0.352 e. The van der Waals surface area contributed by atoms with Gasteiger partial charge in [-0.05, 0) is 38.5 Å². The SMILES string of the molecule is Cc1nc(CCCNC(=O)c2cccc3ncccc23)sc1C. The molecule has 3 aromatic rings. The van der Waals surface area contributed by atoms with Crippen molar-refractivity contribution in [2.45, 2.75) is 26.7 Å². The Labute approximate surface area is 139 Å². The molecule has 0 bridgehead atoms. The molecule has 1 N–H and O–H groups in total. The van der Waals surface area contributed by atoms with Crippen LogP contribution in [-0.4, -0.2) is 22.4 Å². The summed E-state index contributed by atoms with van der Waals surface area (Å²) in [5, 5.41) is 5.02. The number of fused-ring (bicyclic) bond motifs is 1. The highest BCUT2D eigenvalue weighted by Crippen LogP contribution is 2.18. The van der Waals surface area contributed by atoms with Crippen molar-refractivity contribution < 1.29 is 4.79 Å². The number of carbonyl (C=O) groups excluding carboxylic acids is 1. The van der Waals surface area contributed by atoms with Crippen molar-refractivity contribution in [2.24, 2.45) is 0 Å². The van der Waals surface area contributed by atoms with E-state index in [1.165, 1.54) is 4.88 Å². The van der Waals surface area contributed by atoms with Crippen molar-refractivity contribution in [1.82, 2.24) is 15.3 Å². The maximum absolute atomic E-state index is 12.4. The van der Waals surface area contributed by atoms with Crippen molar-refractivity contribution in [1.29, 1.82) is 0 Å². The Balaban J connectivity index is 1.58. The number of hydrogen-bond donors (Lipinski definition) is 1. The number of rotatable bonds is 5. The largest absolute Gasteiger partial charge is 0.352 e. The summed E-state index contributed by atoms with van der Waals surface area (Å²) >= 11 is 1.74. The molecule has 0 aliphatic carbocycles. The van der Waals surface area contributed by atoms with Gasteiger partial charge in [0.1, 0.15) is 0 Å². The van der Waals surface area contributed by atoms with Crippen LogP contribution in [0.2, 0.25) is 0 Å². The van der Waals surface area contributed by atoms with Crippen LogP contribution in [-0.2, 0) is 6.42 Å². The van der Waals surface area contributed by atoms with Crippen molar-refractivity contribution in [3.05, 3.63) is 57.7 Å². The maximum Gasteiger partial charge on any atom is 0.251 e. The summed E-state index contributed by atoms with van der Waals surface area (Å²) in [7, 11) is 0. The molecule has 118 valence electrons. The van der Waals surface area contributed by atoms with Gasteiger partial charge in [-0.3, -0.25) is 9.78 Å². The molecule has 1 amide bonds. The lowest BCUT2D eigenvalue weighted by Crippen LogP contribution is -2.25. The molecular formula is C18H19N3OS. The lowest BCUT2D eigenvalue weighted by atomic mass is 10.1. The van der Waals surface area contributed by atoms with Crippen molar-refractivity contribution in [3.63, 3.8) is 0 Å². The third-order valence-electron chi connectivity index (χ3n) is 3.82. The molecule has 4 nitrogen and oxygen atoms in total. The zero-order valence-corrected chi connectivity index (χ0v) is 14.1. The van der Waals surface area contributed by atoms with Gasteiger partial charge in [0.15, 0.2) is 0 Å². The number of nitrogens with one attached hydrogen (secondary N) is 1. The number of pyridine rings is 1. The molecule has 0 saturated heterocycles. The highest BCUT2D eigenvalue weighted by Gasteiger charge is 2.10. The molecule has 1 aromatic carbocycles. The summed E-state index contributed by atoms with van der Waals surface area (Å²) in [5.41, 5.74) is 2.63. The average molecular weight is 325 g/mol. The molecule has 0 aliphatic rings. The van der Waals surface area contributed by atoms with Crippen LogP contribution in [0.1, 0.15) is 32.4 Å². The lowest BCUT2D eigenvalue weighted by Gasteiger charge is -2.07. The van der Waals surface area contributed by atoms with Gasteiger partial charge in [0, 0.05) is 35.0 Å². The van der Waals surface area contributed by atoms with E-state index in [1.54, 1.807) is 17.5 Å². The van der Waals surface area contributed by atoms with Gasteiger partial charge in [0.25, 0.3) is 5.91 Å². The first-order valence-corrected chi connectivity index (χ1v) is 8.51. The number of benzene rings is 1. The fraction of sp³-hybridized carbons (Fsp3) is 0.278. The zero-order chi connectivity index (χ0) is 16.2. The van der Waals surface area contributed by atoms with Crippen molar-refractivity contribution in [2.75, 3.05) is 6.54 Å². The minimum atomic E-state index is -0.0462. The summed E-state index contributed by atoms with van der Waals surface area (Å²) in [6, 6.07) is 9.40. The summed E-state index contributed by atoms with van der Waals surface area (Å²) in [6.45, 7) is 4.77. The lowest BCUT2D eigenvalue weighted by molar-refractivity contribution is 0.0955. The summed E-state index contributed by atoms with van der Waals surface area (Å²) in [5.74, 6) is -0.0462. The molecule has 0 spiro atoms. The van der Waals surface area contributed by atoms with Gasteiger partial charge in [-0.15, -0.1) is 11.3 Å². The second-order valence-electron chi connectivity index (χ2n) is 5.48. The summed E-state index contributed by atoms with van der Waals surface area (Å²) < 4.78 is 0. The van der Waals surface area contributed by atoms with Crippen LogP contribution in [0.15, 0.2) is 36.5 Å². The fourth-order valence-corrected chi connectivity index (χ4v) is 3.46. The van der Waals surface area contributed by atoms with E-state index in [4.69, 9.17) is 0 Å². The van der Waals surface area contributed by atoms with Crippen LogP contribution in [0, 0.1) is 13.8 Å². The fourth-order valence-electron chi connectivity index (χ4n) is 2.48. The number of nitrogens with zero attached hydrogens (tertiary/aromatic N) is 2. The predicted octanol–water partition coefficient (Wildman–Crippen LogP) is 3.67. The number of carbonyl (C=O) groups is 1. The number of thiazole rings is 1. The highest BCUT2D eigenvalue weighted by atomic mass is 32.1. The Morgan fingerprint density at radius 2 is 2.09 bits per heavy atom. The Bertz CT molecular complexity index is 816. The Morgan fingerprint density at radius 3 is 2.87 bits per heavy atom. The molecule has 0 atom stereocenters. The minimum absolute atomic E-state index is 0.0462. The molecule has 5 heteroatoms. The van der Waals surface area contributed by atoms with E-state index in [1.807, 2.05) is 37.3 Å². The monoisotopic (exact) mass is 325 g/mol. The average Bonchev–Trinajstić information content (AvgIpc) is 2.89. The highest BCUT2D eigenvalue weighted by molar-refractivity contribution is 7.11. The van der Waals surface area contributed by atoms with E-state index < -0.39 is 0 Å².